The van der Waals surface area contributed by atoms with Crippen molar-refractivity contribution in [2.75, 3.05) is 33.9 Å². The molecule has 0 saturated carbocycles. The largest absolute Gasteiger partial charge is 0.493 e. The molecule has 1 aromatic heterocycles. The lowest BCUT2D eigenvalue weighted by Crippen LogP contribution is -2.47. The summed E-state index contributed by atoms with van der Waals surface area (Å²) in [5.41, 5.74) is 0.597. The number of hydrogen-bond acceptors (Lipinski definition) is 8. The topological polar surface area (TPSA) is 136 Å². The summed E-state index contributed by atoms with van der Waals surface area (Å²) in [6.45, 7) is 0.150. The van der Waals surface area contributed by atoms with Crippen LogP contribution in [0.25, 0.3) is 0 Å². The monoisotopic (exact) mass is 464 g/mol. The number of carbonyl (C=O) groups excluding carboxylic acids is 2. The van der Waals surface area contributed by atoms with Crippen LogP contribution in [0, 0.1) is 0 Å². The number of pyridine rings is 1. The summed E-state index contributed by atoms with van der Waals surface area (Å²) in [5.74, 6) is -1.10. The van der Waals surface area contributed by atoms with Gasteiger partial charge in [-0.25, -0.2) is 8.42 Å². The number of methoxy groups -OCH3 is 2. The van der Waals surface area contributed by atoms with Crippen molar-refractivity contribution in [1.82, 2.24) is 19.9 Å². The Kier molecular flexibility index (Phi) is 7.62. The molecule has 0 unspecified atom stereocenters. The van der Waals surface area contributed by atoms with Gasteiger partial charge in [0.05, 0.1) is 44.5 Å². The highest BCUT2D eigenvalue weighted by Crippen LogP contribution is 2.31. The average Bonchev–Trinajstić information content (AvgIpc) is 3.30. The minimum Gasteiger partial charge on any atom is -0.493 e. The van der Waals surface area contributed by atoms with Crippen molar-refractivity contribution in [1.29, 1.82) is 0 Å². The Morgan fingerprint density at radius 1 is 1.12 bits per heavy atom. The Morgan fingerprint density at radius 2 is 1.88 bits per heavy atom. The molecular formula is C20H24N4O7S. The maximum atomic E-state index is 13.1. The van der Waals surface area contributed by atoms with Crippen LogP contribution in [0.15, 0.2) is 47.5 Å². The fourth-order valence-electron chi connectivity index (χ4n) is 3.07. The van der Waals surface area contributed by atoms with Gasteiger partial charge in [0, 0.05) is 18.8 Å². The summed E-state index contributed by atoms with van der Waals surface area (Å²) in [7, 11) is -1.09. The number of sulfonamides is 1. The standard InChI is InChI=1S/C20H24N4O7S/c1-29-16-7-6-15(11-17(16)30-2)32(27,28)24-9-10-31-18(24)13-23-20(26)19(25)22-12-14-5-3-4-8-21-14/h3-8,11,18H,9-10,12-13H2,1-2H3,(H,22,25)(H,23,26)/t18-/m1/s1. The van der Waals surface area contributed by atoms with E-state index in [-0.39, 0.29) is 36.9 Å². The highest BCUT2D eigenvalue weighted by Gasteiger charge is 2.37. The molecule has 3 rings (SSSR count). The molecule has 1 aliphatic rings. The highest BCUT2D eigenvalue weighted by atomic mass is 32.2. The molecule has 1 atom stereocenters. The molecule has 32 heavy (non-hydrogen) atoms. The molecule has 1 aliphatic heterocycles. The Labute approximate surface area is 185 Å². The average molecular weight is 465 g/mol. The van der Waals surface area contributed by atoms with Crippen LogP contribution in [0.4, 0.5) is 0 Å². The summed E-state index contributed by atoms with van der Waals surface area (Å²) in [5, 5.41) is 4.86. The minimum atomic E-state index is -3.95. The van der Waals surface area contributed by atoms with Gasteiger partial charge in [-0.15, -0.1) is 0 Å². The molecule has 2 amide bonds. The zero-order chi connectivity index (χ0) is 23.1. The molecule has 172 valence electrons. The summed E-state index contributed by atoms with van der Waals surface area (Å²) in [6, 6.07) is 9.45. The Bertz CT molecular complexity index is 1060. The van der Waals surface area contributed by atoms with E-state index < -0.39 is 28.1 Å². The Morgan fingerprint density at radius 3 is 2.56 bits per heavy atom. The number of nitrogens with one attached hydrogen (secondary N) is 2. The van der Waals surface area contributed by atoms with E-state index in [2.05, 4.69) is 15.6 Å². The number of carbonyl (C=O) groups is 2. The van der Waals surface area contributed by atoms with Gasteiger partial charge in [-0.3, -0.25) is 14.6 Å². The normalized spacial score (nSPS) is 16.4. The first kappa shape index (κ1) is 23.4. The molecule has 12 heteroatoms. The van der Waals surface area contributed by atoms with Gasteiger partial charge in [0.2, 0.25) is 10.0 Å². The lowest BCUT2D eigenvalue weighted by molar-refractivity contribution is -0.139. The number of amides is 2. The Hall–Kier alpha value is -3.22. The van der Waals surface area contributed by atoms with Crippen LogP contribution in [-0.2, 0) is 30.9 Å². The van der Waals surface area contributed by atoms with Crippen molar-refractivity contribution in [3.05, 3.63) is 48.3 Å². The summed E-state index contributed by atoms with van der Waals surface area (Å²) in [4.78, 5) is 28.1. The first-order valence-corrected chi connectivity index (χ1v) is 11.1. The van der Waals surface area contributed by atoms with Crippen molar-refractivity contribution in [2.24, 2.45) is 0 Å². The van der Waals surface area contributed by atoms with Gasteiger partial charge in [0.25, 0.3) is 0 Å². The third kappa shape index (κ3) is 5.33. The van der Waals surface area contributed by atoms with Gasteiger partial charge >= 0.3 is 11.8 Å². The number of nitrogens with zero attached hydrogens (tertiary/aromatic N) is 2. The van der Waals surface area contributed by atoms with Crippen LogP contribution < -0.4 is 20.1 Å². The van der Waals surface area contributed by atoms with Crippen molar-refractivity contribution in [3.63, 3.8) is 0 Å². The molecule has 2 aromatic rings. The van der Waals surface area contributed by atoms with Crippen molar-refractivity contribution in [2.45, 2.75) is 17.7 Å². The zero-order valence-corrected chi connectivity index (χ0v) is 18.4. The van der Waals surface area contributed by atoms with Gasteiger partial charge in [0.1, 0.15) is 6.23 Å². The number of rotatable bonds is 8. The fourth-order valence-corrected chi connectivity index (χ4v) is 4.59. The lowest BCUT2D eigenvalue weighted by Gasteiger charge is -2.23. The number of benzene rings is 1. The zero-order valence-electron chi connectivity index (χ0n) is 17.6. The van der Waals surface area contributed by atoms with Gasteiger partial charge < -0.3 is 24.8 Å². The first-order valence-electron chi connectivity index (χ1n) is 9.68. The molecule has 2 heterocycles. The van der Waals surface area contributed by atoms with E-state index in [1.165, 1.54) is 32.4 Å². The van der Waals surface area contributed by atoms with Crippen molar-refractivity contribution < 1.29 is 32.2 Å². The second-order valence-corrected chi connectivity index (χ2v) is 8.56. The maximum absolute atomic E-state index is 13.1. The van der Waals surface area contributed by atoms with Crippen molar-refractivity contribution >= 4 is 21.8 Å². The van der Waals surface area contributed by atoms with E-state index in [0.717, 1.165) is 4.31 Å². The SMILES string of the molecule is COc1ccc(S(=O)(=O)N2CCO[C@@H]2CNC(=O)C(=O)NCc2ccccn2)cc1OC. The molecule has 0 bridgehead atoms. The van der Waals surface area contributed by atoms with Gasteiger partial charge in [-0.05, 0) is 24.3 Å². The van der Waals surface area contributed by atoms with Crippen molar-refractivity contribution in [3.8, 4) is 11.5 Å². The van der Waals surface area contributed by atoms with E-state index in [4.69, 9.17) is 14.2 Å². The van der Waals surface area contributed by atoms with Gasteiger partial charge in [0.15, 0.2) is 11.5 Å². The molecule has 1 fully saturated rings. The molecule has 0 radical (unpaired) electrons. The second-order valence-electron chi connectivity index (χ2n) is 6.67. The number of hydrogen-bond donors (Lipinski definition) is 2. The molecule has 1 aromatic carbocycles. The van der Waals surface area contributed by atoms with Crippen LogP contribution in [0.2, 0.25) is 0 Å². The van der Waals surface area contributed by atoms with Crippen LogP contribution in [-0.4, -0.2) is 69.7 Å². The van der Waals surface area contributed by atoms with E-state index >= 15 is 0 Å². The van der Waals surface area contributed by atoms with E-state index in [1.807, 2.05) is 0 Å². The molecule has 2 N–H and O–H groups in total. The minimum absolute atomic E-state index is 0.00918. The van der Waals surface area contributed by atoms with E-state index in [1.54, 1.807) is 24.4 Å². The Balaban J connectivity index is 1.61. The summed E-state index contributed by atoms with van der Waals surface area (Å²) >= 11 is 0. The van der Waals surface area contributed by atoms with Crippen LogP contribution in [0.1, 0.15) is 5.69 Å². The fraction of sp³-hybridized carbons (Fsp3) is 0.350. The van der Waals surface area contributed by atoms with E-state index in [0.29, 0.717) is 11.4 Å². The molecule has 11 nitrogen and oxygen atoms in total. The predicted octanol–water partition coefficient (Wildman–Crippen LogP) is -0.122. The third-order valence-electron chi connectivity index (χ3n) is 4.70. The smallest absolute Gasteiger partial charge is 0.309 e. The maximum Gasteiger partial charge on any atom is 0.309 e. The summed E-state index contributed by atoms with van der Waals surface area (Å²) < 4.78 is 43.1. The van der Waals surface area contributed by atoms with Crippen LogP contribution in [0.5, 0.6) is 11.5 Å². The van der Waals surface area contributed by atoms with Crippen LogP contribution >= 0.6 is 0 Å². The summed E-state index contributed by atoms with van der Waals surface area (Å²) in [6.07, 6.45) is 0.618. The quantitative estimate of drug-likeness (QED) is 0.516. The highest BCUT2D eigenvalue weighted by molar-refractivity contribution is 7.89. The first-order chi connectivity index (χ1) is 15.4. The number of aromatic nitrogens is 1. The lowest BCUT2D eigenvalue weighted by atomic mass is 10.3. The van der Waals surface area contributed by atoms with Gasteiger partial charge in [-0.2, -0.15) is 4.31 Å². The second kappa shape index (κ2) is 10.4. The molecule has 0 aliphatic carbocycles. The molecular weight excluding hydrogens is 440 g/mol. The van der Waals surface area contributed by atoms with Crippen LogP contribution in [0.3, 0.4) is 0 Å². The van der Waals surface area contributed by atoms with Gasteiger partial charge in [-0.1, -0.05) is 6.07 Å². The van der Waals surface area contributed by atoms with E-state index in [9.17, 15) is 18.0 Å². The molecule has 1 saturated heterocycles. The third-order valence-corrected chi connectivity index (χ3v) is 6.59. The molecule has 0 spiro atoms. The number of ether oxygens (including phenoxy) is 3. The predicted molar refractivity (Wildman–Crippen MR) is 112 cm³/mol.